The Morgan fingerprint density at radius 1 is 1.53 bits per heavy atom. The highest BCUT2D eigenvalue weighted by atomic mass is 35.5. The highest BCUT2D eigenvalue weighted by Gasteiger charge is 2.20. The summed E-state index contributed by atoms with van der Waals surface area (Å²) in [7, 11) is 0. The van der Waals surface area contributed by atoms with Crippen molar-refractivity contribution in [3.05, 3.63) is 34.6 Å². The Labute approximate surface area is 105 Å². The molecule has 0 aliphatic carbocycles. The summed E-state index contributed by atoms with van der Waals surface area (Å²) >= 11 is 5.64. The molecule has 17 heavy (non-hydrogen) atoms. The van der Waals surface area contributed by atoms with Crippen LogP contribution in [-0.4, -0.2) is 17.1 Å². The second-order valence-electron chi connectivity index (χ2n) is 4.19. The Balaban J connectivity index is 2.65. The first kappa shape index (κ1) is 13.9. The molecule has 0 bridgehead atoms. The Hall–Kier alpha value is -1.13. The molecule has 3 nitrogen and oxygen atoms in total. The zero-order chi connectivity index (χ0) is 13.0. The summed E-state index contributed by atoms with van der Waals surface area (Å²) in [6.45, 7) is 3.99. The summed E-state index contributed by atoms with van der Waals surface area (Å²) in [5.74, 6) is -1.40. The van der Waals surface area contributed by atoms with Gasteiger partial charge >= 0.3 is 5.97 Å². The lowest BCUT2D eigenvalue weighted by atomic mass is 10.0. The summed E-state index contributed by atoms with van der Waals surface area (Å²) < 4.78 is 12.9. The molecule has 0 aliphatic heterocycles. The van der Waals surface area contributed by atoms with Gasteiger partial charge in [0.05, 0.1) is 5.02 Å². The molecule has 5 heteroatoms. The summed E-state index contributed by atoms with van der Waals surface area (Å²) in [5, 5.41) is 11.9. The predicted octanol–water partition coefficient (Wildman–Crippen LogP) is 2.68. The van der Waals surface area contributed by atoms with Gasteiger partial charge in [-0.3, -0.25) is 4.79 Å². The summed E-state index contributed by atoms with van der Waals surface area (Å²) in [5.41, 5.74) is 0.753. The van der Waals surface area contributed by atoms with Crippen LogP contribution in [0.3, 0.4) is 0 Å². The number of carbonyl (C=O) groups is 1. The topological polar surface area (TPSA) is 49.3 Å². The normalized spacial score (nSPS) is 12.8. The molecule has 1 unspecified atom stereocenters. The van der Waals surface area contributed by atoms with Crippen LogP contribution in [0.25, 0.3) is 0 Å². The third-order valence-corrected chi connectivity index (χ3v) is 2.73. The first-order valence-corrected chi connectivity index (χ1v) is 5.69. The number of nitrogens with one attached hydrogen (secondary N) is 1. The molecule has 0 spiro atoms. The molecular weight excluding hydrogens is 245 g/mol. The standard InChI is InChI=1S/C12H15ClFNO2/c1-7(2)11(12(16)17)15-6-8-3-4-10(14)9(13)5-8/h3-5,7,11,15H,6H2,1-2H3,(H,16,17). The molecule has 0 heterocycles. The molecule has 0 radical (unpaired) electrons. The van der Waals surface area contributed by atoms with E-state index < -0.39 is 17.8 Å². The minimum atomic E-state index is -0.895. The second-order valence-corrected chi connectivity index (χ2v) is 4.60. The summed E-state index contributed by atoms with van der Waals surface area (Å²) in [6.07, 6.45) is 0. The number of aliphatic carboxylic acids is 1. The van der Waals surface area contributed by atoms with Crippen LogP contribution in [-0.2, 0) is 11.3 Å². The Kier molecular flexibility index (Phi) is 4.90. The molecule has 0 saturated carbocycles. The molecule has 0 fully saturated rings. The highest BCUT2D eigenvalue weighted by Crippen LogP contribution is 2.16. The van der Waals surface area contributed by atoms with Gasteiger partial charge in [0.15, 0.2) is 0 Å². The van der Waals surface area contributed by atoms with Gasteiger partial charge in [-0.25, -0.2) is 4.39 Å². The fourth-order valence-corrected chi connectivity index (χ4v) is 1.69. The van der Waals surface area contributed by atoms with E-state index in [1.807, 2.05) is 13.8 Å². The SMILES string of the molecule is CC(C)C(NCc1ccc(F)c(Cl)c1)C(=O)O. The lowest BCUT2D eigenvalue weighted by Gasteiger charge is -2.17. The lowest BCUT2D eigenvalue weighted by Crippen LogP contribution is -2.40. The van der Waals surface area contributed by atoms with E-state index in [2.05, 4.69) is 5.32 Å². The summed E-state index contributed by atoms with van der Waals surface area (Å²) in [4.78, 5) is 10.9. The van der Waals surface area contributed by atoms with E-state index in [0.717, 1.165) is 5.56 Å². The van der Waals surface area contributed by atoms with Crippen molar-refractivity contribution in [3.8, 4) is 0 Å². The Morgan fingerprint density at radius 3 is 2.65 bits per heavy atom. The fourth-order valence-electron chi connectivity index (χ4n) is 1.49. The van der Waals surface area contributed by atoms with Crippen LogP contribution < -0.4 is 5.32 Å². The maximum absolute atomic E-state index is 12.9. The van der Waals surface area contributed by atoms with Crippen LogP contribution in [0.15, 0.2) is 18.2 Å². The van der Waals surface area contributed by atoms with Crippen LogP contribution in [0.5, 0.6) is 0 Å². The van der Waals surface area contributed by atoms with Gasteiger partial charge in [0, 0.05) is 6.54 Å². The van der Waals surface area contributed by atoms with E-state index in [1.54, 1.807) is 6.07 Å². The third-order valence-electron chi connectivity index (χ3n) is 2.44. The number of benzene rings is 1. The van der Waals surface area contributed by atoms with Crippen molar-refractivity contribution < 1.29 is 14.3 Å². The number of rotatable bonds is 5. The quantitative estimate of drug-likeness (QED) is 0.855. The average molecular weight is 260 g/mol. The molecule has 1 aromatic carbocycles. The van der Waals surface area contributed by atoms with Gasteiger partial charge in [-0.2, -0.15) is 0 Å². The van der Waals surface area contributed by atoms with E-state index in [9.17, 15) is 9.18 Å². The van der Waals surface area contributed by atoms with Crippen LogP contribution in [0.2, 0.25) is 5.02 Å². The van der Waals surface area contributed by atoms with Crippen molar-refractivity contribution in [2.24, 2.45) is 5.92 Å². The molecule has 0 aromatic heterocycles. The Morgan fingerprint density at radius 2 is 2.18 bits per heavy atom. The molecule has 2 N–H and O–H groups in total. The smallest absolute Gasteiger partial charge is 0.320 e. The molecule has 1 aromatic rings. The Bertz CT molecular complexity index is 409. The van der Waals surface area contributed by atoms with Gasteiger partial charge in [0.2, 0.25) is 0 Å². The van der Waals surface area contributed by atoms with Gasteiger partial charge in [0.25, 0.3) is 0 Å². The van der Waals surface area contributed by atoms with Gasteiger partial charge in [-0.05, 0) is 23.6 Å². The number of hydrogen-bond donors (Lipinski definition) is 2. The number of carboxylic acid groups (broad SMARTS) is 1. The van der Waals surface area contributed by atoms with Crippen LogP contribution >= 0.6 is 11.6 Å². The molecule has 1 rings (SSSR count). The van der Waals surface area contributed by atoms with Crippen molar-refractivity contribution in [2.75, 3.05) is 0 Å². The number of carboxylic acids is 1. The second kappa shape index (κ2) is 5.98. The minimum absolute atomic E-state index is 0.0246. The van der Waals surface area contributed by atoms with Crippen molar-refractivity contribution in [1.82, 2.24) is 5.32 Å². The van der Waals surface area contributed by atoms with E-state index >= 15 is 0 Å². The molecule has 1 atom stereocenters. The van der Waals surface area contributed by atoms with Crippen molar-refractivity contribution in [1.29, 1.82) is 0 Å². The monoisotopic (exact) mass is 259 g/mol. The van der Waals surface area contributed by atoms with Crippen molar-refractivity contribution in [3.63, 3.8) is 0 Å². The number of hydrogen-bond acceptors (Lipinski definition) is 2. The largest absolute Gasteiger partial charge is 0.480 e. The van der Waals surface area contributed by atoms with Crippen LogP contribution in [0.1, 0.15) is 19.4 Å². The van der Waals surface area contributed by atoms with E-state index in [1.165, 1.54) is 12.1 Å². The molecule has 0 amide bonds. The summed E-state index contributed by atoms with van der Waals surface area (Å²) in [6, 6.07) is 3.71. The molecule has 94 valence electrons. The minimum Gasteiger partial charge on any atom is -0.480 e. The third kappa shape index (κ3) is 3.98. The van der Waals surface area contributed by atoms with Gasteiger partial charge < -0.3 is 10.4 Å². The van der Waals surface area contributed by atoms with E-state index in [4.69, 9.17) is 16.7 Å². The maximum Gasteiger partial charge on any atom is 0.320 e. The van der Waals surface area contributed by atoms with Crippen LogP contribution in [0, 0.1) is 11.7 Å². The number of halogens is 2. The van der Waals surface area contributed by atoms with Gasteiger partial charge in [-0.1, -0.05) is 31.5 Å². The first-order valence-electron chi connectivity index (χ1n) is 5.32. The molecular formula is C12H15ClFNO2. The van der Waals surface area contributed by atoms with E-state index in [-0.39, 0.29) is 10.9 Å². The maximum atomic E-state index is 12.9. The lowest BCUT2D eigenvalue weighted by molar-refractivity contribution is -0.140. The zero-order valence-corrected chi connectivity index (χ0v) is 10.5. The molecule has 0 aliphatic rings. The van der Waals surface area contributed by atoms with E-state index in [0.29, 0.717) is 6.54 Å². The predicted molar refractivity (Wildman–Crippen MR) is 64.5 cm³/mol. The van der Waals surface area contributed by atoms with Gasteiger partial charge in [-0.15, -0.1) is 0 Å². The van der Waals surface area contributed by atoms with Gasteiger partial charge in [0.1, 0.15) is 11.9 Å². The van der Waals surface area contributed by atoms with Crippen LogP contribution in [0.4, 0.5) is 4.39 Å². The highest BCUT2D eigenvalue weighted by molar-refractivity contribution is 6.30. The van der Waals surface area contributed by atoms with Crippen molar-refractivity contribution in [2.45, 2.75) is 26.4 Å². The zero-order valence-electron chi connectivity index (χ0n) is 9.71. The van der Waals surface area contributed by atoms with Crippen molar-refractivity contribution >= 4 is 17.6 Å². The first-order chi connectivity index (χ1) is 7.91. The average Bonchev–Trinajstić information content (AvgIpc) is 2.22. The fraction of sp³-hybridized carbons (Fsp3) is 0.417. The molecule has 0 saturated heterocycles.